The molecule has 0 radical (unpaired) electrons. The van der Waals surface area contributed by atoms with Crippen LogP contribution in [0.1, 0.15) is 6.92 Å². The molecule has 0 aliphatic rings. The number of nitrogens with one attached hydrogen (secondary N) is 2. The summed E-state index contributed by atoms with van der Waals surface area (Å²) >= 11 is 0. The first-order valence-corrected chi connectivity index (χ1v) is 3.12. The molecule has 0 aliphatic heterocycles. The second-order valence-corrected chi connectivity index (χ2v) is 2.04. The van der Waals surface area contributed by atoms with Crippen molar-refractivity contribution >= 4 is 5.91 Å². The first-order chi connectivity index (χ1) is 4.70. The van der Waals surface area contributed by atoms with Gasteiger partial charge in [-0.1, -0.05) is 0 Å². The van der Waals surface area contributed by atoms with E-state index in [1.54, 1.807) is 0 Å². The number of terminal acetylenes is 1. The molecule has 0 rings (SSSR count). The normalized spacial score (nSPS) is 11.7. The smallest absolute Gasteiger partial charge is 0.295 e. The van der Waals surface area contributed by atoms with Crippen molar-refractivity contribution < 1.29 is 4.79 Å². The molecule has 0 aromatic rings. The molecule has 0 aromatic heterocycles. The standard InChI is InChI=1S/C7H12N2O/c1-4-7(10)9-5-6(2)8-3/h1,6,8H,5H2,2-3H3,(H,9,10). The van der Waals surface area contributed by atoms with Crippen molar-refractivity contribution in [3.63, 3.8) is 0 Å². The highest BCUT2D eigenvalue weighted by Gasteiger charge is 1.98. The van der Waals surface area contributed by atoms with Gasteiger partial charge in [0.05, 0.1) is 0 Å². The first kappa shape index (κ1) is 8.99. The van der Waals surface area contributed by atoms with E-state index in [1.807, 2.05) is 19.9 Å². The first-order valence-electron chi connectivity index (χ1n) is 3.12. The van der Waals surface area contributed by atoms with Crippen LogP contribution in [0.2, 0.25) is 0 Å². The quantitative estimate of drug-likeness (QED) is 0.511. The Kier molecular flexibility index (Phi) is 4.34. The third-order valence-electron chi connectivity index (χ3n) is 1.19. The number of hydrogen-bond donors (Lipinski definition) is 2. The van der Waals surface area contributed by atoms with Crippen molar-refractivity contribution in [2.45, 2.75) is 13.0 Å². The van der Waals surface area contributed by atoms with E-state index in [0.717, 1.165) is 0 Å². The Morgan fingerprint density at radius 2 is 2.40 bits per heavy atom. The largest absolute Gasteiger partial charge is 0.344 e. The third kappa shape index (κ3) is 3.93. The van der Waals surface area contributed by atoms with E-state index in [-0.39, 0.29) is 11.9 Å². The van der Waals surface area contributed by atoms with Crippen molar-refractivity contribution in [3.05, 3.63) is 0 Å². The van der Waals surface area contributed by atoms with E-state index in [0.29, 0.717) is 6.54 Å². The fourth-order valence-corrected chi connectivity index (χ4v) is 0.399. The van der Waals surface area contributed by atoms with Crippen molar-refractivity contribution in [2.24, 2.45) is 0 Å². The minimum atomic E-state index is -0.359. The van der Waals surface area contributed by atoms with Crippen molar-refractivity contribution in [3.8, 4) is 12.3 Å². The second-order valence-electron chi connectivity index (χ2n) is 2.04. The Bertz CT molecular complexity index is 148. The number of likely N-dealkylation sites (N-methyl/N-ethyl adjacent to an activating group) is 1. The van der Waals surface area contributed by atoms with E-state index in [4.69, 9.17) is 6.42 Å². The highest BCUT2D eigenvalue weighted by Crippen LogP contribution is 1.73. The lowest BCUT2D eigenvalue weighted by Crippen LogP contribution is -2.36. The van der Waals surface area contributed by atoms with Crippen LogP contribution in [0.3, 0.4) is 0 Å². The van der Waals surface area contributed by atoms with Crippen LogP contribution >= 0.6 is 0 Å². The molecule has 3 heteroatoms. The fraction of sp³-hybridized carbons (Fsp3) is 0.571. The predicted molar refractivity (Wildman–Crippen MR) is 40.4 cm³/mol. The van der Waals surface area contributed by atoms with Gasteiger partial charge in [0.25, 0.3) is 5.91 Å². The summed E-state index contributed by atoms with van der Waals surface area (Å²) in [4.78, 5) is 10.5. The Hall–Kier alpha value is -1.01. The van der Waals surface area contributed by atoms with Gasteiger partial charge < -0.3 is 10.6 Å². The number of carbonyl (C=O) groups excluding carboxylic acids is 1. The van der Waals surface area contributed by atoms with Gasteiger partial charge in [0, 0.05) is 12.6 Å². The van der Waals surface area contributed by atoms with Crippen LogP contribution in [0.15, 0.2) is 0 Å². The van der Waals surface area contributed by atoms with E-state index in [9.17, 15) is 4.79 Å². The second kappa shape index (κ2) is 4.83. The van der Waals surface area contributed by atoms with E-state index < -0.39 is 0 Å². The van der Waals surface area contributed by atoms with Crippen molar-refractivity contribution in [1.29, 1.82) is 0 Å². The number of amides is 1. The number of carbonyl (C=O) groups is 1. The van der Waals surface area contributed by atoms with E-state index >= 15 is 0 Å². The van der Waals surface area contributed by atoms with Crippen LogP contribution in [-0.4, -0.2) is 25.5 Å². The Labute approximate surface area is 61.2 Å². The third-order valence-corrected chi connectivity index (χ3v) is 1.19. The van der Waals surface area contributed by atoms with E-state index in [2.05, 4.69) is 10.6 Å². The van der Waals surface area contributed by atoms with Gasteiger partial charge in [0.1, 0.15) is 0 Å². The van der Waals surface area contributed by atoms with Crippen molar-refractivity contribution in [2.75, 3.05) is 13.6 Å². The van der Waals surface area contributed by atoms with Crippen LogP contribution in [0.25, 0.3) is 0 Å². The van der Waals surface area contributed by atoms with E-state index in [1.165, 1.54) is 0 Å². The Morgan fingerprint density at radius 1 is 1.80 bits per heavy atom. The predicted octanol–water partition coefficient (Wildman–Crippen LogP) is -0.656. The molecule has 2 N–H and O–H groups in total. The zero-order valence-corrected chi connectivity index (χ0v) is 6.27. The fourth-order valence-electron chi connectivity index (χ4n) is 0.399. The SMILES string of the molecule is C#CC(=O)NCC(C)NC. The summed E-state index contributed by atoms with van der Waals surface area (Å²) in [6, 6.07) is 0.261. The summed E-state index contributed by atoms with van der Waals surface area (Å²) in [6.07, 6.45) is 4.82. The maximum absolute atomic E-state index is 10.5. The summed E-state index contributed by atoms with van der Waals surface area (Å²) in [6.45, 7) is 2.52. The van der Waals surface area contributed by atoms with Gasteiger partial charge in [0.15, 0.2) is 0 Å². The minimum absolute atomic E-state index is 0.261. The molecule has 56 valence electrons. The number of rotatable bonds is 3. The average Bonchev–Trinajstić information content (AvgIpc) is 1.99. The van der Waals surface area contributed by atoms with Gasteiger partial charge in [-0.05, 0) is 19.9 Å². The monoisotopic (exact) mass is 140 g/mol. The van der Waals surface area contributed by atoms with Crippen LogP contribution in [0, 0.1) is 12.3 Å². The minimum Gasteiger partial charge on any atom is -0.344 e. The summed E-state index contributed by atoms with van der Waals surface area (Å²) in [7, 11) is 1.83. The summed E-state index contributed by atoms with van der Waals surface area (Å²) < 4.78 is 0. The molecule has 0 fully saturated rings. The molecule has 0 heterocycles. The van der Waals surface area contributed by atoms with Gasteiger partial charge in [-0.3, -0.25) is 4.79 Å². The molecule has 0 bridgehead atoms. The maximum Gasteiger partial charge on any atom is 0.295 e. The summed E-state index contributed by atoms with van der Waals surface area (Å²) in [5.41, 5.74) is 0. The molecule has 1 unspecified atom stereocenters. The summed E-state index contributed by atoms with van der Waals surface area (Å²) in [5, 5.41) is 5.51. The van der Waals surface area contributed by atoms with Gasteiger partial charge in [-0.25, -0.2) is 0 Å². The maximum atomic E-state index is 10.5. The van der Waals surface area contributed by atoms with Gasteiger partial charge >= 0.3 is 0 Å². The summed E-state index contributed by atoms with van der Waals surface area (Å²) in [5.74, 6) is 1.61. The van der Waals surface area contributed by atoms with Crippen LogP contribution < -0.4 is 10.6 Å². The molecular weight excluding hydrogens is 128 g/mol. The van der Waals surface area contributed by atoms with Gasteiger partial charge in [0.2, 0.25) is 0 Å². The molecule has 1 atom stereocenters. The molecule has 0 saturated carbocycles. The molecule has 0 saturated heterocycles. The Morgan fingerprint density at radius 3 is 2.80 bits per heavy atom. The van der Waals surface area contributed by atoms with Gasteiger partial charge in [-0.15, -0.1) is 6.42 Å². The topological polar surface area (TPSA) is 41.1 Å². The molecule has 1 amide bonds. The van der Waals surface area contributed by atoms with Crippen LogP contribution in [0.4, 0.5) is 0 Å². The lowest BCUT2D eigenvalue weighted by Gasteiger charge is -2.08. The average molecular weight is 140 g/mol. The Balaban J connectivity index is 3.37. The zero-order chi connectivity index (χ0) is 7.98. The molecule has 10 heavy (non-hydrogen) atoms. The van der Waals surface area contributed by atoms with Crippen LogP contribution in [0.5, 0.6) is 0 Å². The lowest BCUT2D eigenvalue weighted by atomic mass is 10.3. The van der Waals surface area contributed by atoms with Crippen LogP contribution in [-0.2, 0) is 4.79 Å². The zero-order valence-electron chi connectivity index (χ0n) is 6.27. The van der Waals surface area contributed by atoms with Gasteiger partial charge in [-0.2, -0.15) is 0 Å². The highest BCUT2D eigenvalue weighted by molar-refractivity contribution is 5.92. The van der Waals surface area contributed by atoms with Crippen molar-refractivity contribution in [1.82, 2.24) is 10.6 Å². The molecule has 0 aromatic carbocycles. The lowest BCUT2D eigenvalue weighted by molar-refractivity contribution is -0.115. The molecular formula is C7H12N2O. The number of hydrogen-bond acceptors (Lipinski definition) is 2. The molecule has 3 nitrogen and oxygen atoms in total. The molecule has 0 spiro atoms. The molecule has 0 aliphatic carbocycles. The highest BCUT2D eigenvalue weighted by atomic mass is 16.1.